The molecule has 1 aliphatic heterocycles. The molecule has 0 N–H and O–H groups in total. The van der Waals surface area contributed by atoms with Crippen molar-refractivity contribution in [2.45, 2.75) is 18.8 Å². The number of aromatic nitrogens is 3. The van der Waals surface area contributed by atoms with Crippen molar-refractivity contribution < 1.29 is 9.18 Å². The van der Waals surface area contributed by atoms with Gasteiger partial charge >= 0.3 is 0 Å². The molecule has 1 amide bonds. The zero-order chi connectivity index (χ0) is 19.8. The third kappa shape index (κ3) is 3.54. The Morgan fingerprint density at radius 3 is 2.97 bits per heavy atom. The van der Waals surface area contributed by atoms with E-state index in [1.54, 1.807) is 23.7 Å². The number of halogens is 1. The summed E-state index contributed by atoms with van der Waals surface area (Å²) in [5, 5.41) is 9.95. The molecule has 1 aliphatic rings. The topological polar surface area (TPSA) is 59.0 Å². The van der Waals surface area contributed by atoms with Crippen molar-refractivity contribution >= 4 is 38.8 Å². The Bertz CT molecular complexity index is 1190. The first kappa shape index (κ1) is 18.3. The predicted octanol–water partition coefficient (Wildman–Crippen LogP) is 4.97. The fraction of sp³-hybridized carbons (Fsp3) is 0.238. The number of rotatable bonds is 3. The number of carbonyl (C=O) groups is 1. The van der Waals surface area contributed by atoms with Crippen LogP contribution in [0.2, 0.25) is 0 Å². The molecule has 1 saturated heterocycles. The first-order chi connectivity index (χ1) is 14.2. The van der Waals surface area contributed by atoms with Crippen LogP contribution in [0.5, 0.6) is 0 Å². The first-order valence-electron chi connectivity index (χ1n) is 9.40. The number of carbonyl (C=O) groups excluding carboxylic acids is 1. The van der Waals surface area contributed by atoms with E-state index in [1.807, 2.05) is 23.1 Å². The van der Waals surface area contributed by atoms with Crippen LogP contribution in [0.15, 0.2) is 48.0 Å². The monoisotopic (exact) mass is 424 g/mol. The lowest BCUT2D eigenvalue weighted by molar-refractivity contribution is 0.0707. The molecule has 1 unspecified atom stereocenters. The third-order valence-corrected chi connectivity index (χ3v) is 7.09. The Balaban J connectivity index is 1.35. The van der Waals surface area contributed by atoms with Crippen LogP contribution in [0.3, 0.4) is 0 Å². The summed E-state index contributed by atoms with van der Waals surface area (Å²) in [6.07, 6.45) is 1.86. The molecule has 3 heterocycles. The molecule has 1 atom stereocenters. The predicted molar refractivity (Wildman–Crippen MR) is 113 cm³/mol. The number of thiazole rings is 1. The normalized spacial score (nSPS) is 17.0. The van der Waals surface area contributed by atoms with Gasteiger partial charge in [-0.05, 0) is 43.2 Å². The summed E-state index contributed by atoms with van der Waals surface area (Å²) in [7, 11) is 0. The van der Waals surface area contributed by atoms with Gasteiger partial charge in [0.2, 0.25) is 0 Å². The zero-order valence-corrected chi connectivity index (χ0v) is 17.0. The van der Waals surface area contributed by atoms with Crippen LogP contribution in [0.4, 0.5) is 4.39 Å². The van der Waals surface area contributed by atoms with Gasteiger partial charge in [0.25, 0.3) is 5.91 Å². The zero-order valence-electron chi connectivity index (χ0n) is 15.4. The number of amides is 1. The molecule has 29 heavy (non-hydrogen) atoms. The first-order valence-corrected chi connectivity index (χ1v) is 11.1. The molecule has 1 fully saturated rings. The van der Waals surface area contributed by atoms with E-state index in [4.69, 9.17) is 0 Å². The van der Waals surface area contributed by atoms with E-state index in [1.165, 1.54) is 28.7 Å². The standard InChI is InChI=1S/C21H17FN4OS2/c22-16-6-2-1-5-15(16)20-25-24-19(29-20)14-4-3-9-26(11-14)21(27)13-7-8-17-18(10-13)28-12-23-17/h1-2,5-8,10,12,14H,3-4,9,11H2. The summed E-state index contributed by atoms with van der Waals surface area (Å²) >= 11 is 2.95. The molecule has 0 bridgehead atoms. The molecule has 146 valence electrons. The van der Waals surface area contributed by atoms with Crippen molar-refractivity contribution in [3.63, 3.8) is 0 Å². The third-order valence-electron chi connectivity index (χ3n) is 5.18. The van der Waals surface area contributed by atoms with Crippen LogP contribution in [-0.2, 0) is 0 Å². The number of fused-ring (bicyclic) bond motifs is 1. The van der Waals surface area contributed by atoms with E-state index in [0.29, 0.717) is 22.7 Å². The second-order valence-corrected chi connectivity index (χ2v) is 8.95. The maximum Gasteiger partial charge on any atom is 0.253 e. The van der Waals surface area contributed by atoms with Gasteiger partial charge in [-0.3, -0.25) is 4.79 Å². The maximum atomic E-state index is 14.1. The van der Waals surface area contributed by atoms with E-state index in [0.717, 1.165) is 34.6 Å². The average Bonchev–Trinajstić information content (AvgIpc) is 3.43. The second kappa shape index (κ2) is 7.61. The summed E-state index contributed by atoms with van der Waals surface area (Å²) < 4.78 is 15.1. The number of benzene rings is 2. The molecule has 0 spiro atoms. The Morgan fingerprint density at radius 1 is 1.17 bits per heavy atom. The Kier molecular flexibility index (Phi) is 4.81. The molecule has 5 rings (SSSR count). The number of nitrogens with zero attached hydrogens (tertiary/aromatic N) is 4. The number of hydrogen-bond acceptors (Lipinski definition) is 6. The molecule has 0 radical (unpaired) electrons. The lowest BCUT2D eigenvalue weighted by atomic mass is 9.98. The van der Waals surface area contributed by atoms with Crippen molar-refractivity contribution in [2.24, 2.45) is 0 Å². The summed E-state index contributed by atoms with van der Waals surface area (Å²) in [5.74, 6) is -0.143. The lowest BCUT2D eigenvalue weighted by Crippen LogP contribution is -2.39. The van der Waals surface area contributed by atoms with Gasteiger partial charge in [-0.2, -0.15) is 0 Å². The molecule has 8 heteroatoms. The van der Waals surface area contributed by atoms with E-state index >= 15 is 0 Å². The van der Waals surface area contributed by atoms with Gasteiger partial charge in [0.1, 0.15) is 10.8 Å². The van der Waals surface area contributed by atoms with Crippen LogP contribution >= 0.6 is 22.7 Å². The van der Waals surface area contributed by atoms with Gasteiger partial charge in [0.15, 0.2) is 5.01 Å². The molecule has 5 nitrogen and oxygen atoms in total. The summed E-state index contributed by atoms with van der Waals surface area (Å²) in [4.78, 5) is 19.2. The largest absolute Gasteiger partial charge is 0.338 e. The van der Waals surface area contributed by atoms with Crippen molar-refractivity contribution in [2.75, 3.05) is 13.1 Å². The highest BCUT2D eigenvalue weighted by Gasteiger charge is 2.28. The lowest BCUT2D eigenvalue weighted by Gasteiger charge is -2.31. The van der Waals surface area contributed by atoms with Gasteiger partial charge in [0, 0.05) is 30.1 Å². The van der Waals surface area contributed by atoms with E-state index in [-0.39, 0.29) is 17.6 Å². The van der Waals surface area contributed by atoms with Gasteiger partial charge in [-0.1, -0.05) is 23.5 Å². The maximum absolute atomic E-state index is 14.1. The number of hydrogen-bond donors (Lipinski definition) is 0. The SMILES string of the molecule is O=C(c1ccc2ncsc2c1)N1CCCC(c2nnc(-c3ccccc3F)s2)C1. The minimum atomic E-state index is -0.297. The molecule has 4 aromatic rings. The molecule has 2 aromatic carbocycles. The smallest absolute Gasteiger partial charge is 0.253 e. The Morgan fingerprint density at radius 2 is 2.07 bits per heavy atom. The van der Waals surface area contributed by atoms with Crippen molar-refractivity contribution in [3.05, 3.63) is 64.4 Å². The van der Waals surface area contributed by atoms with Gasteiger partial charge < -0.3 is 4.90 Å². The summed E-state index contributed by atoms with van der Waals surface area (Å²) in [6.45, 7) is 1.33. The minimum Gasteiger partial charge on any atom is -0.338 e. The molecule has 0 aliphatic carbocycles. The quantitative estimate of drug-likeness (QED) is 0.466. The van der Waals surface area contributed by atoms with Gasteiger partial charge in [-0.15, -0.1) is 21.5 Å². The van der Waals surface area contributed by atoms with E-state index in [2.05, 4.69) is 15.2 Å². The summed E-state index contributed by atoms with van der Waals surface area (Å²) in [6, 6.07) is 12.3. The minimum absolute atomic E-state index is 0.0313. The van der Waals surface area contributed by atoms with Crippen LogP contribution < -0.4 is 0 Å². The molecule has 2 aromatic heterocycles. The average molecular weight is 425 g/mol. The molecular weight excluding hydrogens is 407 g/mol. The van der Waals surface area contributed by atoms with Crippen LogP contribution in [-0.4, -0.2) is 39.1 Å². The van der Waals surface area contributed by atoms with E-state index < -0.39 is 0 Å². The van der Waals surface area contributed by atoms with Crippen molar-refractivity contribution in [1.29, 1.82) is 0 Å². The van der Waals surface area contributed by atoms with Crippen LogP contribution in [0, 0.1) is 5.82 Å². The number of likely N-dealkylation sites (tertiary alicyclic amines) is 1. The Labute approximate surface area is 174 Å². The highest BCUT2D eigenvalue weighted by Crippen LogP contribution is 2.34. The second-order valence-electron chi connectivity index (χ2n) is 7.05. The molecular formula is C21H17FN4OS2. The number of piperidine rings is 1. The Hall–Kier alpha value is -2.71. The van der Waals surface area contributed by atoms with Crippen LogP contribution in [0.25, 0.3) is 20.8 Å². The van der Waals surface area contributed by atoms with Crippen molar-refractivity contribution in [3.8, 4) is 10.6 Å². The summed E-state index contributed by atoms with van der Waals surface area (Å²) in [5.41, 5.74) is 3.86. The highest BCUT2D eigenvalue weighted by atomic mass is 32.1. The van der Waals surface area contributed by atoms with Gasteiger partial charge in [-0.25, -0.2) is 9.37 Å². The fourth-order valence-electron chi connectivity index (χ4n) is 3.68. The highest BCUT2D eigenvalue weighted by molar-refractivity contribution is 7.16. The van der Waals surface area contributed by atoms with Crippen molar-refractivity contribution in [1.82, 2.24) is 20.1 Å². The fourth-order valence-corrected chi connectivity index (χ4v) is 5.39. The molecule has 0 saturated carbocycles. The van der Waals surface area contributed by atoms with Gasteiger partial charge in [0.05, 0.1) is 15.7 Å². The van der Waals surface area contributed by atoms with Crippen LogP contribution in [0.1, 0.15) is 34.1 Å². The van der Waals surface area contributed by atoms with E-state index in [9.17, 15) is 9.18 Å².